The van der Waals surface area contributed by atoms with Crippen LogP contribution in [0.4, 0.5) is 0 Å². The molecule has 5 aromatic carbocycles. The Bertz CT molecular complexity index is 1960. The molecule has 0 unspecified atom stereocenters. The Kier molecular flexibility index (Phi) is 6.94. The Hall–Kier alpha value is -4.33. The van der Waals surface area contributed by atoms with Gasteiger partial charge in [0.05, 0.1) is 0 Å². The Balaban J connectivity index is 1.17. The van der Waals surface area contributed by atoms with Crippen molar-refractivity contribution in [3.8, 4) is 28.4 Å². The molecule has 1 heterocycles. The van der Waals surface area contributed by atoms with Crippen LogP contribution in [-0.4, -0.2) is 0 Å². The predicted molar refractivity (Wildman–Crippen MR) is 194 cm³/mol. The molecule has 0 saturated carbocycles. The Labute approximate surface area is 280 Å². The highest BCUT2D eigenvalue weighted by molar-refractivity contribution is 7.43. The molecule has 5 aromatic rings. The average molecular weight is 637 g/mol. The van der Waals surface area contributed by atoms with Crippen LogP contribution < -0.4 is 13.6 Å². The van der Waals surface area contributed by atoms with Crippen LogP contribution in [0.3, 0.4) is 0 Å². The van der Waals surface area contributed by atoms with Gasteiger partial charge < -0.3 is 13.6 Å². The molecule has 8 rings (SSSR count). The van der Waals surface area contributed by atoms with Crippen molar-refractivity contribution in [2.45, 2.75) is 70.6 Å². The largest absolute Gasteiger partial charge is 0.530 e. The SMILES string of the molecule is Cc1cc2c3c(c1)C(C)(C)CC31CC(C)(C)c3cc(C)cc(c31)OP(Oc1ccccc1/C=C/c1ccc(-c3ccccc3)cc1)O2. The highest BCUT2D eigenvalue weighted by Crippen LogP contribution is 2.68. The van der Waals surface area contributed by atoms with Gasteiger partial charge in [-0.1, -0.05) is 125 Å². The molecular weight excluding hydrogens is 595 g/mol. The van der Waals surface area contributed by atoms with Crippen LogP contribution in [-0.2, 0) is 16.2 Å². The van der Waals surface area contributed by atoms with Crippen molar-refractivity contribution in [3.05, 3.63) is 148 Å². The lowest BCUT2D eigenvalue weighted by molar-refractivity contribution is 0.327. The van der Waals surface area contributed by atoms with Crippen molar-refractivity contribution in [3.63, 3.8) is 0 Å². The second-order valence-electron chi connectivity index (χ2n) is 14.9. The molecule has 0 radical (unpaired) electrons. The summed E-state index contributed by atoms with van der Waals surface area (Å²) in [5.41, 5.74) is 12.2. The molecule has 1 spiro atoms. The third kappa shape index (κ3) is 5.08. The number of aryl methyl sites for hydroxylation is 2. The molecule has 3 aliphatic rings. The third-order valence-electron chi connectivity index (χ3n) is 10.3. The molecule has 0 amide bonds. The molecule has 236 valence electrons. The molecule has 0 fully saturated rings. The smallest absolute Gasteiger partial charge is 0.408 e. The van der Waals surface area contributed by atoms with E-state index in [1.807, 2.05) is 24.3 Å². The van der Waals surface area contributed by atoms with Crippen LogP contribution in [0.5, 0.6) is 17.2 Å². The molecule has 3 nitrogen and oxygen atoms in total. The monoisotopic (exact) mass is 636 g/mol. The van der Waals surface area contributed by atoms with Gasteiger partial charge in [0, 0.05) is 22.1 Å². The number of hydrogen-bond acceptors (Lipinski definition) is 3. The average Bonchev–Trinajstić information content (AvgIpc) is 3.39. The van der Waals surface area contributed by atoms with Crippen molar-refractivity contribution in [1.82, 2.24) is 0 Å². The van der Waals surface area contributed by atoms with Gasteiger partial charge in [0.15, 0.2) is 0 Å². The summed E-state index contributed by atoms with van der Waals surface area (Å²) in [5, 5.41) is 0. The Morgan fingerprint density at radius 1 is 0.617 bits per heavy atom. The first-order chi connectivity index (χ1) is 22.5. The summed E-state index contributed by atoms with van der Waals surface area (Å²) < 4.78 is 20.5. The minimum absolute atomic E-state index is 0.00392. The minimum atomic E-state index is -1.81. The fourth-order valence-electron chi connectivity index (χ4n) is 8.55. The van der Waals surface area contributed by atoms with Crippen molar-refractivity contribution in [2.24, 2.45) is 0 Å². The van der Waals surface area contributed by atoms with E-state index >= 15 is 0 Å². The normalized spacial score (nSPS) is 18.1. The van der Waals surface area contributed by atoms with E-state index in [2.05, 4.69) is 133 Å². The van der Waals surface area contributed by atoms with E-state index in [9.17, 15) is 0 Å². The van der Waals surface area contributed by atoms with Crippen molar-refractivity contribution in [2.75, 3.05) is 0 Å². The van der Waals surface area contributed by atoms with Crippen LogP contribution in [0.2, 0.25) is 0 Å². The van der Waals surface area contributed by atoms with Gasteiger partial charge in [-0.2, -0.15) is 0 Å². The molecule has 2 aliphatic carbocycles. The van der Waals surface area contributed by atoms with Crippen LogP contribution in [0.1, 0.15) is 85.0 Å². The first kappa shape index (κ1) is 30.0. The first-order valence-electron chi connectivity index (χ1n) is 16.6. The molecule has 0 N–H and O–H groups in total. The number of rotatable bonds is 5. The molecule has 0 bridgehead atoms. The number of benzene rings is 5. The summed E-state index contributed by atoms with van der Waals surface area (Å²) in [7, 11) is -1.81. The fourth-order valence-corrected chi connectivity index (χ4v) is 9.59. The van der Waals surface area contributed by atoms with Gasteiger partial charge in [-0.3, -0.25) is 0 Å². The molecule has 0 aromatic heterocycles. The molecule has 47 heavy (non-hydrogen) atoms. The maximum Gasteiger partial charge on any atom is 0.530 e. The second kappa shape index (κ2) is 10.9. The van der Waals surface area contributed by atoms with Gasteiger partial charge in [0.1, 0.15) is 17.2 Å². The second-order valence-corrected chi connectivity index (χ2v) is 15.9. The third-order valence-corrected chi connectivity index (χ3v) is 11.3. The lowest BCUT2D eigenvalue weighted by Gasteiger charge is -2.34. The van der Waals surface area contributed by atoms with Gasteiger partial charge in [-0.05, 0) is 94.7 Å². The van der Waals surface area contributed by atoms with Crippen LogP contribution in [0.15, 0.2) is 103 Å². The summed E-state index contributed by atoms with van der Waals surface area (Å²) in [4.78, 5) is 0. The summed E-state index contributed by atoms with van der Waals surface area (Å²) in [6.07, 6.45) is 6.30. The molecule has 4 heteroatoms. The summed E-state index contributed by atoms with van der Waals surface area (Å²) >= 11 is 0. The molecule has 0 atom stereocenters. The molecule has 0 saturated heterocycles. The van der Waals surface area contributed by atoms with Crippen LogP contribution in [0.25, 0.3) is 23.3 Å². The summed E-state index contributed by atoms with van der Waals surface area (Å²) in [6, 6.07) is 36.4. The topological polar surface area (TPSA) is 27.7 Å². The lowest BCUT2D eigenvalue weighted by Crippen LogP contribution is -2.28. The highest BCUT2D eigenvalue weighted by Gasteiger charge is 2.60. The van der Waals surface area contributed by atoms with E-state index in [1.165, 1.54) is 44.5 Å². The standard InChI is InChI=1S/C43H41O3P/c1-28-22-34-39-37(24-28)45-47(46-38-25-29(2)23-35-40(38)43(39,26-41(34,3)4)27-42(35,5)6)44-36-15-11-10-14-33(36)21-18-30-16-19-32(20-17-30)31-12-8-7-9-13-31/h7-25H,26-27H2,1-6H3/b21-18+. The predicted octanol–water partition coefficient (Wildman–Crippen LogP) is 11.9. The van der Waals surface area contributed by atoms with Crippen LogP contribution in [0, 0.1) is 13.8 Å². The lowest BCUT2D eigenvalue weighted by atomic mass is 9.72. The van der Waals surface area contributed by atoms with E-state index in [0.29, 0.717) is 0 Å². The van der Waals surface area contributed by atoms with Gasteiger partial charge in [-0.25, -0.2) is 0 Å². The number of hydrogen-bond donors (Lipinski definition) is 0. The Morgan fingerprint density at radius 2 is 1.15 bits per heavy atom. The van der Waals surface area contributed by atoms with Crippen molar-refractivity contribution in [1.29, 1.82) is 0 Å². The molecular formula is C43H41O3P. The number of para-hydroxylation sites is 1. The first-order valence-corrected chi connectivity index (χ1v) is 17.7. The van der Waals surface area contributed by atoms with E-state index in [1.54, 1.807) is 0 Å². The maximum absolute atomic E-state index is 6.89. The van der Waals surface area contributed by atoms with Crippen molar-refractivity contribution >= 4 is 20.8 Å². The quantitative estimate of drug-likeness (QED) is 0.142. The zero-order valence-electron chi connectivity index (χ0n) is 28.1. The van der Waals surface area contributed by atoms with Crippen LogP contribution >= 0.6 is 8.60 Å². The Morgan fingerprint density at radius 3 is 1.74 bits per heavy atom. The molecule has 1 aliphatic heterocycles. The van der Waals surface area contributed by atoms with E-state index in [0.717, 1.165) is 41.2 Å². The van der Waals surface area contributed by atoms with E-state index in [4.69, 9.17) is 13.6 Å². The maximum atomic E-state index is 6.89. The van der Waals surface area contributed by atoms with Gasteiger partial charge in [0.2, 0.25) is 0 Å². The van der Waals surface area contributed by atoms with Gasteiger partial charge in [-0.15, -0.1) is 0 Å². The minimum Gasteiger partial charge on any atom is -0.408 e. The summed E-state index contributed by atoms with van der Waals surface area (Å²) in [5.74, 6) is 2.54. The summed E-state index contributed by atoms with van der Waals surface area (Å²) in [6.45, 7) is 13.9. The fraction of sp³-hybridized carbons (Fsp3) is 0.256. The highest BCUT2D eigenvalue weighted by atomic mass is 31.2. The van der Waals surface area contributed by atoms with Crippen molar-refractivity contribution < 1.29 is 13.6 Å². The zero-order chi connectivity index (χ0) is 32.6. The van der Waals surface area contributed by atoms with E-state index < -0.39 is 8.60 Å². The zero-order valence-corrected chi connectivity index (χ0v) is 29.0. The van der Waals surface area contributed by atoms with E-state index in [-0.39, 0.29) is 16.2 Å². The van der Waals surface area contributed by atoms with Gasteiger partial charge in [0.25, 0.3) is 0 Å². The van der Waals surface area contributed by atoms with Gasteiger partial charge >= 0.3 is 8.60 Å².